The van der Waals surface area contributed by atoms with Gasteiger partial charge < -0.3 is 15.4 Å². The Labute approximate surface area is 145 Å². The van der Waals surface area contributed by atoms with Crippen LogP contribution in [0.2, 0.25) is 0 Å². The first-order valence-electron chi connectivity index (χ1n) is 7.95. The molecule has 0 bridgehead atoms. The number of aromatic nitrogens is 2. The van der Waals surface area contributed by atoms with Crippen molar-refractivity contribution < 1.29 is 9.13 Å². The normalized spacial score (nSPS) is 10.5. The SMILES string of the molecule is COCCNc1cc(Nc2ccccc2F)nc(-c2ccccc2)n1. The maximum Gasteiger partial charge on any atom is 0.163 e. The molecular formula is C19H19FN4O. The Hall–Kier alpha value is -2.99. The number of benzene rings is 2. The molecule has 0 atom stereocenters. The van der Waals surface area contributed by atoms with Crippen molar-refractivity contribution in [2.75, 3.05) is 30.9 Å². The Morgan fingerprint density at radius 2 is 1.68 bits per heavy atom. The van der Waals surface area contributed by atoms with E-state index >= 15 is 0 Å². The zero-order valence-electron chi connectivity index (χ0n) is 13.9. The maximum atomic E-state index is 13.9. The van der Waals surface area contributed by atoms with Crippen LogP contribution in [0.25, 0.3) is 11.4 Å². The molecule has 1 aromatic heterocycles. The lowest BCUT2D eigenvalue weighted by Gasteiger charge is -2.12. The third kappa shape index (κ3) is 4.51. The molecule has 0 aliphatic rings. The predicted octanol–water partition coefficient (Wildman–Crippen LogP) is 4.08. The summed E-state index contributed by atoms with van der Waals surface area (Å²) in [5.41, 5.74) is 1.25. The molecule has 128 valence electrons. The van der Waals surface area contributed by atoms with Crippen LogP contribution in [0, 0.1) is 5.82 Å². The van der Waals surface area contributed by atoms with Crippen LogP contribution in [0.5, 0.6) is 0 Å². The number of hydrogen-bond acceptors (Lipinski definition) is 5. The number of nitrogens with one attached hydrogen (secondary N) is 2. The highest BCUT2D eigenvalue weighted by Crippen LogP contribution is 2.23. The van der Waals surface area contributed by atoms with Crippen LogP contribution < -0.4 is 10.6 Å². The fourth-order valence-corrected chi connectivity index (χ4v) is 2.30. The molecule has 0 radical (unpaired) electrons. The Morgan fingerprint density at radius 1 is 0.960 bits per heavy atom. The number of para-hydroxylation sites is 1. The third-order valence-electron chi connectivity index (χ3n) is 3.51. The minimum atomic E-state index is -0.337. The predicted molar refractivity (Wildman–Crippen MR) is 97.5 cm³/mol. The summed E-state index contributed by atoms with van der Waals surface area (Å²) in [6, 6.07) is 17.9. The van der Waals surface area contributed by atoms with Gasteiger partial charge in [0.1, 0.15) is 17.5 Å². The van der Waals surface area contributed by atoms with Crippen molar-refractivity contribution in [2.24, 2.45) is 0 Å². The fraction of sp³-hybridized carbons (Fsp3) is 0.158. The molecule has 0 spiro atoms. The Kier molecular flexibility index (Phi) is 5.53. The van der Waals surface area contributed by atoms with Crippen LogP contribution in [0.3, 0.4) is 0 Å². The van der Waals surface area contributed by atoms with Crippen LogP contribution >= 0.6 is 0 Å². The topological polar surface area (TPSA) is 59.1 Å². The first kappa shape index (κ1) is 16.9. The van der Waals surface area contributed by atoms with Gasteiger partial charge in [-0.1, -0.05) is 42.5 Å². The number of ether oxygens (including phenoxy) is 1. The van der Waals surface area contributed by atoms with Crippen molar-refractivity contribution >= 4 is 17.3 Å². The van der Waals surface area contributed by atoms with Crippen molar-refractivity contribution in [3.8, 4) is 11.4 Å². The Balaban J connectivity index is 1.93. The first-order valence-corrected chi connectivity index (χ1v) is 7.95. The van der Waals surface area contributed by atoms with Gasteiger partial charge >= 0.3 is 0 Å². The zero-order chi connectivity index (χ0) is 17.5. The molecule has 2 N–H and O–H groups in total. The van der Waals surface area contributed by atoms with Gasteiger partial charge in [-0.3, -0.25) is 0 Å². The highest BCUT2D eigenvalue weighted by molar-refractivity contribution is 5.65. The summed E-state index contributed by atoms with van der Waals surface area (Å²) in [6.45, 7) is 1.17. The van der Waals surface area contributed by atoms with Gasteiger partial charge in [-0.25, -0.2) is 14.4 Å². The number of hydrogen-bond donors (Lipinski definition) is 2. The average Bonchev–Trinajstić information content (AvgIpc) is 2.64. The molecule has 3 rings (SSSR count). The molecular weight excluding hydrogens is 319 g/mol. The van der Waals surface area contributed by atoms with E-state index in [-0.39, 0.29) is 5.82 Å². The summed E-state index contributed by atoms with van der Waals surface area (Å²) in [7, 11) is 1.64. The minimum Gasteiger partial charge on any atom is -0.383 e. The van der Waals surface area contributed by atoms with E-state index in [1.54, 1.807) is 31.4 Å². The van der Waals surface area contributed by atoms with E-state index < -0.39 is 0 Å². The summed E-state index contributed by atoms with van der Waals surface area (Å²) in [5.74, 6) is 1.38. The van der Waals surface area contributed by atoms with Crippen molar-refractivity contribution in [3.63, 3.8) is 0 Å². The molecule has 0 unspecified atom stereocenters. The van der Waals surface area contributed by atoms with Crippen LogP contribution in [-0.4, -0.2) is 30.2 Å². The molecule has 25 heavy (non-hydrogen) atoms. The zero-order valence-corrected chi connectivity index (χ0v) is 13.9. The van der Waals surface area contributed by atoms with E-state index in [0.29, 0.717) is 36.3 Å². The van der Waals surface area contributed by atoms with Crippen molar-refractivity contribution in [2.45, 2.75) is 0 Å². The minimum absolute atomic E-state index is 0.337. The van der Waals surface area contributed by atoms with E-state index in [4.69, 9.17) is 4.74 Å². The monoisotopic (exact) mass is 338 g/mol. The standard InChI is InChI=1S/C19H19FN4O/c1-25-12-11-21-17-13-18(22-16-10-6-5-9-15(16)20)24-19(23-17)14-7-3-2-4-8-14/h2-10,13H,11-12H2,1H3,(H2,21,22,23,24). The lowest BCUT2D eigenvalue weighted by molar-refractivity contribution is 0.210. The molecule has 0 saturated carbocycles. The van der Waals surface area contributed by atoms with Gasteiger partial charge in [0.15, 0.2) is 5.82 Å². The van der Waals surface area contributed by atoms with Crippen LogP contribution in [0.15, 0.2) is 60.7 Å². The van der Waals surface area contributed by atoms with Gasteiger partial charge in [-0.05, 0) is 12.1 Å². The smallest absolute Gasteiger partial charge is 0.163 e. The van der Waals surface area contributed by atoms with Gasteiger partial charge in [-0.2, -0.15) is 0 Å². The first-order chi connectivity index (χ1) is 12.3. The highest BCUT2D eigenvalue weighted by atomic mass is 19.1. The Morgan fingerprint density at radius 3 is 2.44 bits per heavy atom. The summed E-state index contributed by atoms with van der Waals surface area (Å²) < 4.78 is 19.0. The quantitative estimate of drug-likeness (QED) is 0.636. The molecule has 1 heterocycles. The third-order valence-corrected chi connectivity index (χ3v) is 3.51. The molecule has 3 aromatic rings. The van der Waals surface area contributed by atoms with E-state index in [2.05, 4.69) is 20.6 Å². The van der Waals surface area contributed by atoms with Gasteiger partial charge in [0.2, 0.25) is 0 Å². The van der Waals surface area contributed by atoms with Gasteiger partial charge in [0.25, 0.3) is 0 Å². The molecule has 6 heteroatoms. The second-order valence-corrected chi connectivity index (χ2v) is 5.35. The van der Waals surface area contributed by atoms with Crippen LogP contribution in [-0.2, 0) is 4.74 Å². The van der Waals surface area contributed by atoms with Crippen molar-refractivity contribution in [1.82, 2.24) is 9.97 Å². The van der Waals surface area contributed by atoms with Gasteiger partial charge in [0.05, 0.1) is 12.3 Å². The summed E-state index contributed by atoms with van der Waals surface area (Å²) in [6.07, 6.45) is 0. The number of methoxy groups -OCH3 is 1. The van der Waals surface area contributed by atoms with Gasteiger partial charge in [0, 0.05) is 25.3 Å². The summed E-state index contributed by atoms with van der Waals surface area (Å²) in [4.78, 5) is 9.04. The van der Waals surface area contributed by atoms with E-state index in [0.717, 1.165) is 5.56 Å². The fourth-order valence-electron chi connectivity index (χ4n) is 2.30. The molecule has 0 saturated heterocycles. The van der Waals surface area contributed by atoms with E-state index in [9.17, 15) is 4.39 Å². The van der Waals surface area contributed by atoms with Crippen molar-refractivity contribution in [3.05, 3.63) is 66.5 Å². The van der Waals surface area contributed by atoms with Gasteiger partial charge in [-0.15, -0.1) is 0 Å². The number of rotatable bonds is 7. The molecule has 0 amide bonds. The lowest BCUT2D eigenvalue weighted by Crippen LogP contribution is -2.10. The lowest BCUT2D eigenvalue weighted by atomic mass is 10.2. The molecule has 0 aliphatic heterocycles. The number of halogens is 1. The molecule has 2 aromatic carbocycles. The number of nitrogens with zero attached hydrogens (tertiary/aromatic N) is 2. The van der Waals surface area contributed by atoms with Crippen LogP contribution in [0.4, 0.5) is 21.7 Å². The van der Waals surface area contributed by atoms with E-state index in [1.807, 2.05) is 30.3 Å². The number of anilines is 3. The van der Waals surface area contributed by atoms with Crippen molar-refractivity contribution in [1.29, 1.82) is 0 Å². The Bertz CT molecular complexity index is 827. The second-order valence-electron chi connectivity index (χ2n) is 5.35. The molecule has 0 aliphatic carbocycles. The van der Waals surface area contributed by atoms with Crippen LogP contribution in [0.1, 0.15) is 0 Å². The average molecular weight is 338 g/mol. The van der Waals surface area contributed by atoms with E-state index in [1.165, 1.54) is 6.07 Å². The largest absolute Gasteiger partial charge is 0.383 e. The molecule has 0 fully saturated rings. The second kappa shape index (κ2) is 8.21. The maximum absolute atomic E-state index is 13.9. The highest BCUT2D eigenvalue weighted by Gasteiger charge is 2.09. The molecule has 5 nitrogen and oxygen atoms in total. The summed E-state index contributed by atoms with van der Waals surface area (Å²) >= 11 is 0. The summed E-state index contributed by atoms with van der Waals surface area (Å²) in [5, 5.41) is 6.20.